The van der Waals surface area contributed by atoms with Crippen LogP contribution in [-0.2, 0) is 29.7 Å². The average molecular weight is 804 g/mol. The van der Waals surface area contributed by atoms with E-state index in [0.29, 0.717) is 23.2 Å². The maximum atomic E-state index is 14.1. The third-order valence-corrected chi connectivity index (χ3v) is 11.5. The van der Waals surface area contributed by atoms with Crippen LogP contribution in [0.4, 0.5) is 10.2 Å². The van der Waals surface area contributed by atoms with Gasteiger partial charge in [-0.25, -0.2) is 18.5 Å². The molecule has 4 rings (SSSR count). The number of aliphatic hydroxyl groups excluding tert-OH is 2. The number of phosphoric ester groups is 1. The number of nitrogens with two attached hydrogens (primary N) is 1. The van der Waals surface area contributed by atoms with Gasteiger partial charge in [-0.15, -0.1) is 0 Å². The molecule has 0 radical (unpaired) electrons. The number of unbranched alkanes of at least 4 members (excludes halogenated alkanes) is 16. The second-order valence-electron chi connectivity index (χ2n) is 15.4. The number of phosphoric acid groups is 1. The van der Waals surface area contributed by atoms with Gasteiger partial charge in [0.15, 0.2) is 5.82 Å². The molecule has 0 aliphatic carbocycles. The molecule has 56 heavy (non-hydrogen) atoms. The van der Waals surface area contributed by atoms with Gasteiger partial charge in [-0.3, -0.25) is 9.05 Å². The molecule has 6 atom stereocenters. The summed E-state index contributed by atoms with van der Waals surface area (Å²) in [5.41, 5.74) is 5.85. The van der Waals surface area contributed by atoms with E-state index in [1.165, 1.54) is 113 Å². The van der Waals surface area contributed by atoms with Crippen molar-refractivity contribution in [1.29, 1.82) is 5.26 Å². The van der Waals surface area contributed by atoms with Crippen molar-refractivity contribution >= 4 is 19.2 Å². The SMILES string of the molecule is CCCCCCCCCCCCCCCCCCC[C@@H](COP(=O)(O)OC[C@@]1(C)O[C@@H](c2ccc3c(N)ncnn23)[C@H](O)[C@@H]1O)OCc1cc(F)cc(C#N)c1. The lowest BCUT2D eigenvalue weighted by Crippen LogP contribution is -2.44. The van der Waals surface area contributed by atoms with E-state index >= 15 is 0 Å². The fraction of sp³-hybridized carbons (Fsp3) is 0.683. The van der Waals surface area contributed by atoms with Crippen molar-refractivity contribution in [1.82, 2.24) is 14.6 Å². The molecule has 1 aromatic carbocycles. The van der Waals surface area contributed by atoms with Crippen LogP contribution in [0.1, 0.15) is 152 Å². The number of hydrogen-bond acceptors (Lipinski definition) is 11. The molecular weight excluding hydrogens is 740 g/mol. The second-order valence-corrected chi connectivity index (χ2v) is 16.8. The van der Waals surface area contributed by atoms with E-state index in [4.69, 9.17) is 24.3 Å². The molecule has 15 heteroatoms. The summed E-state index contributed by atoms with van der Waals surface area (Å²) in [6, 6.07) is 9.18. The summed E-state index contributed by atoms with van der Waals surface area (Å²) >= 11 is 0. The summed E-state index contributed by atoms with van der Waals surface area (Å²) in [5, 5.41) is 35.3. The number of fused-ring (bicyclic) bond motifs is 1. The zero-order valence-corrected chi connectivity index (χ0v) is 34.1. The predicted molar refractivity (Wildman–Crippen MR) is 212 cm³/mol. The van der Waals surface area contributed by atoms with Gasteiger partial charge in [0.25, 0.3) is 0 Å². The standard InChI is InChI=1S/C41H63FN5O8P/c1-3-4-5-6-7-8-9-10-11-12-13-14-15-16-17-18-19-20-34(52-27-32-23-31(26-43)24-33(42)25-32)28-53-56(50,51)54-29-41(2)39(49)37(48)38(55-41)35-21-22-36-40(44)45-30-46-47(35)36/h21-25,30,34,37-39,48-49H,3-20,27-29H2,1-2H3,(H,50,51)(H2,44,45,46)/t34-,37-,38-,39-,41+/m0/s1. The molecule has 0 saturated carbocycles. The molecule has 0 amide bonds. The summed E-state index contributed by atoms with van der Waals surface area (Å²) in [6.07, 6.45) is 18.4. The van der Waals surface area contributed by atoms with Crippen LogP contribution in [0.15, 0.2) is 36.7 Å². The van der Waals surface area contributed by atoms with Crippen LogP contribution in [0.2, 0.25) is 0 Å². The van der Waals surface area contributed by atoms with Gasteiger partial charge in [-0.05, 0) is 49.2 Å². The molecule has 1 aliphatic rings. The monoisotopic (exact) mass is 803 g/mol. The number of aromatic nitrogens is 3. The number of benzene rings is 1. The number of rotatable bonds is 28. The maximum Gasteiger partial charge on any atom is 0.472 e. The number of anilines is 1. The molecule has 5 N–H and O–H groups in total. The first kappa shape index (κ1) is 45.7. The summed E-state index contributed by atoms with van der Waals surface area (Å²) < 4.78 is 51.4. The molecule has 13 nitrogen and oxygen atoms in total. The molecule has 3 aromatic rings. The van der Waals surface area contributed by atoms with Gasteiger partial charge in [0.2, 0.25) is 0 Å². The van der Waals surface area contributed by atoms with Crippen molar-refractivity contribution in [2.24, 2.45) is 0 Å². The van der Waals surface area contributed by atoms with E-state index < -0.39 is 50.3 Å². The molecule has 1 unspecified atom stereocenters. The predicted octanol–water partition coefficient (Wildman–Crippen LogP) is 8.63. The lowest BCUT2D eigenvalue weighted by molar-refractivity contribution is -0.101. The molecule has 0 bridgehead atoms. The molecule has 3 heterocycles. The average Bonchev–Trinajstić information content (AvgIpc) is 3.71. The molecule has 0 spiro atoms. The van der Waals surface area contributed by atoms with E-state index in [0.717, 1.165) is 31.7 Å². The zero-order chi connectivity index (χ0) is 40.4. The Morgan fingerprint density at radius 3 is 2.18 bits per heavy atom. The highest BCUT2D eigenvalue weighted by Gasteiger charge is 2.53. The minimum absolute atomic E-state index is 0.0294. The minimum Gasteiger partial charge on any atom is -0.387 e. The fourth-order valence-corrected chi connectivity index (χ4v) is 8.10. The third-order valence-electron chi connectivity index (χ3n) is 10.6. The van der Waals surface area contributed by atoms with E-state index in [2.05, 4.69) is 17.0 Å². The second kappa shape index (κ2) is 23.4. The Hall–Kier alpha value is -2.99. The number of hydrogen-bond donors (Lipinski definition) is 4. The number of nitriles is 1. The highest BCUT2D eigenvalue weighted by Crippen LogP contribution is 2.48. The first-order chi connectivity index (χ1) is 27.0. The summed E-state index contributed by atoms with van der Waals surface area (Å²) in [5.74, 6) is -0.337. The van der Waals surface area contributed by atoms with Crippen LogP contribution in [-0.4, -0.2) is 66.8 Å². The van der Waals surface area contributed by atoms with Gasteiger partial charge < -0.3 is 30.3 Å². The molecule has 1 saturated heterocycles. The lowest BCUT2D eigenvalue weighted by Gasteiger charge is -2.28. The van der Waals surface area contributed by atoms with Crippen molar-refractivity contribution in [3.63, 3.8) is 0 Å². The molecular formula is C41H63FN5O8P. The van der Waals surface area contributed by atoms with E-state index in [9.17, 15) is 29.3 Å². The first-order valence-electron chi connectivity index (χ1n) is 20.5. The minimum atomic E-state index is -4.70. The summed E-state index contributed by atoms with van der Waals surface area (Å²) in [7, 11) is -4.70. The number of aliphatic hydroxyl groups is 2. The Bertz CT molecular complexity index is 1710. The molecule has 312 valence electrons. The van der Waals surface area contributed by atoms with Crippen molar-refractivity contribution in [2.45, 2.75) is 166 Å². The van der Waals surface area contributed by atoms with Crippen molar-refractivity contribution in [2.75, 3.05) is 18.9 Å². The van der Waals surface area contributed by atoms with Crippen LogP contribution in [0.25, 0.3) is 5.52 Å². The van der Waals surface area contributed by atoms with Crippen LogP contribution in [0.3, 0.4) is 0 Å². The van der Waals surface area contributed by atoms with Crippen molar-refractivity contribution < 1.29 is 42.6 Å². The highest BCUT2D eigenvalue weighted by molar-refractivity contribution is 7.47. The quantitative estimate of drug-likeness (QED) is 0.0404. The lowest BCUT2D eigenvalue weighted by atomic mass is 9.97. The molecule has 1 aliphatic heterocycles. The maximum absolute atomic E-state index is 14.1. The Morgan fingerprint density at radius 2 is 1.57 bits per heavy atom. The number of ether oxygens (including phenoxy) is 2. The summed E-state index contributed by atoms with van der Waals surface area (Å²) in [4.78, 5) is 14.6. The molecule has 2 aromatic heterocycles. The van der Waals surface area contributed by atoms with Crippen LogP contribution in [0, 0.1) is 17.1 Å². The third kappa shape index (κ3) is 14.4. The Kier molecular flexibility index (Phi) is 19.1. The van der Waals surface area contributed by atoms with Crippen molar-refractivity contribution in [3.05, 3.63) is 59.3 Å². The highest BCUT2D eigenvalue weighted by atomic mass is 31.2. The van der Waals surface area contributed by atoms with E-state index in [-0.39, 0.29) is 24.6 Å². The van der Waals surface area contributed by atoms with Gasteiger partial charge in [-0.2, -0.15) is 10.4 Å². The largest absolute Gasteiger partial charge is 0.472 e. The Balaban J connectivity index is 1.20. The van der Waals surface area contributed by atoms with Crippen LogP contribution < -0.4 is 5.73 Å². The van der Waals surface area contributed by atoms with Crippen LogP contribution in [0.5, 0.6) is 0 Å². The van der Waals surface area contributed by atoms with Gasteiger partial charge >= 0.3 is 7.82 Å². The zero-order valence-electron chi connectivity index (χ0n) is 33.2. The van der Waals surface area contributed by atoms with E-state index in [1.807, 2.05) is 6.07 Å². The topological polar surface area (TPSA) is 195 Å². The Morgan fingerprint density at radius 1 is 0.964 bits per heavy atom. The normalized spacial score (nSPS) is 21.3. The van der Waals surface area contributed by atoms with Crippen molar-refractivity contribution in [3.8, 4) is 6.07 Å². The van der Waals surface area contributed by atoms with Gasteiger partial charge in [0.1, 0.15) is 41.6 Å². The fourth-order valence-electron chi connectivity index (χ4n) is 7.25. The molecule has 1 fully saturated rings. The van der Waals surface area contributed by atoms with Gasteiger partial charge in [0.05, 0.1) is 43.3 Å². The number of nitrogens with zero attached hydrogens (tertiary/aromatic N) is 4. The van der Waals surface area contributed by atoms with Crippen LogP contribution >= 0.6 is 7.82 Å². The van der Waals surface area contributed by atoms with Gasteiger partial charge in [-0.1, -0.05) is 116 Å². The van der Waals surface area contributed by atoms with E-state index in [1.54, 1.807) is 12.1 Å². The Labute approximate surface area is 331 Å². The smallest absolute Gasteiger partial charge is 0.387 e. The number of nitrogen functional groups attached to an aromatic ring is 1. The first-order valence-corrected chi connectivity index (χ1v) is 22.0. The summed E-state index contributed by atoms with van der Waals surface area (Å²) in [6.45, 7) is 2.80. The number of halogens is 1. The van der Waals surface area contributed by atoms with Gasteiger partial charge in [0, 0.05) is 0 Å².